The molecule has 5 rings (SSSR count). The maximum absolute atomic E-state index is 13.8. The Balaban J connectivity index is 1.46. The molecule has 0 atom stereocenters. The fraction of sp³-hybridized carbons (Fsp3) is 0.500. The molecule has 0 N–H and O–H groups in total. The Hall–Kier alpha value is -2.84. The molecule has 0 unspecified atom stereocenters. The summed E-state index contributed by atoms with van der Waals surface area (Å²) >= 11 is 0. The van der Waals surface area contributed by atoms with Crippen molar-refractivity contribution in [2.75, 3.05) is 32.1 Å². The fourth-order valence-electron chi connectivity index (χ4n) is 6.25. The molecule has 0 aromatic heterocycles. The number of nitrogens with zero attached hydrogens (tertiary/aromatic N) is 4. The molecule has 1 heterocycles. The number of hydrogen-bond acceptors (Lipinski definition) is 3. The molecular weight excluding hydrogens is 408 g/mol. The van der Waals surface area contributed by atoms with Crippen LogP contribution < -0.4 is 4.90 Å². The molecule has 1 aliphatic heterocycles. The molecule has 2 amide bonds. The van der Waals surface area contributed by atoms with E-state index in [2.05, 4.69) is 60.3 Å². The van der Waals surface area contributed by atoms with Gasteiger partial charge in [-0.3, -0.25) is 9.80 Å². The number of hydrogen-bond donors (Lipinski definition) is 0. The van der Waals surface area contributed by atoms with Gasteiger partial charge in [0.1, 0.15) is 0 Å². The fourth-order valence-corrected chi connectivity index (χ4v) is 6.25. The van der Waals surface area contributed by atoms with Gasteiger partial charge in [0.2, 0.25) is 0 Å². The number of rotatable bonds is 5. The first-order valence-corrected chi connectivity index (χ1v) is 12.3. The Morgan fingerprint density at radius 2 is 1.76 bits per heavy atom. The predicted molar refractivity (Wildman–Crippen MR) is 131 cm³/mol. The van der Waals surface area contributed by atoms with Gasteiger partial charge in [0.15, 0.2) is 0 Å². The lowest BCUT2D eigenvalue weighted by Gasteiger charge is -2.51. The highest BCUT2D eigenvalue weighted by Crippen LogP contribution is 2.50. The quantitative estimate of drug-likeness (QED) is 0.625. The van der Waals surface area contributed by atoms with Crippen LogP contribution in [0.15, 0.2) is 54.6 Å². The van der Waals surface area contributed by atoms with Crippen molar-refractivity contribution in [1.82, 2.24) is 9.80 Å². The average molecular weight is 443 g/mol. The van der Waals surface area contributed by atoms with Gasteiger partial charge >= 0.3 is 6.03 Å². The van der Waals surface area contributed by atoms with E-state index in [1.807, 2.05) is 23.1 Å². The summed E-state index contributed by atoms with van der Waals surface area (Å²) in [6, 6.07) is 20.7. The lowest BCUT2D eigenvalue weighted by atomic mass is 9.68. The average Bonchev–Trinajstić information content (AvgIpc) is 3.08. The molecular formula is C28H34N4O. The first kappa shape index (κ1) is 22.0. The Labute approximate surface area is 197 Å². The molecule has 1 spiro atoms. The molecule has 2 aromatic rings. The van der Waals surface area contributed by atoms with Gasteiger partial charge in [-0.15, -0.1) is 0 Å². The summed E-state index contributed by atoms with van der Waals surface area (Å²) in [5.74, 6) is 0.630. The molecule has 2 aromatic carbocycles. The summed E-state index contributed by atoms with van der Waals surface area (Å²) in [7, 11) is 4.38. The molecule has 5 heteroatoms. The Kier molecular flexibility index (Phi) is 5.66. The van der Waals surface area contributed by atoms with E-state index in [0.717, 1.165) is 37.9 Å². The Bertz CT molecular complexity index is 1050. The van der Waals surface area contributed by atoms with Crippen molar-refractivity contribution in [1.29, 1.82) is 5.26 Å². The smallest absolute Gasteiger partial charge is 0.317 e. The van der Waals surface area contributed by atoms with E-state index in [0.29, 0.717) is 18.0 Å². The topological polar surface area (TPSA) is 50.6 Å². The maximum atomic E-state index is 13.8. The van der Waals surface area contributed by atoms with Crippen LogP contribution in [0.25, 0.3) is 0 Å². The standard InChI is InChI=1S/C28H34N4O/c1-30(2)28(24-11-4-3-5-12-24)16-14-27(15-17-28)21-31(25-13-7-10-23(18-25)19-29)26(33)32(27)20-22-8-6-9-22/h3-5,7,10-13,18,22H,6,8-9,14-17,20-21H2,1-2H3. The van der Waals surface area contributed by atoms with Gasteiger partial charge in [-0.2, -0.15) is 5.26 Å². The molecule has 2 aliphatic carbocycles. The SMILES string of the molecule is CN(C)C1(c2ccccc2)CCC2(CC1)CN(c1cccc(C#N)c1)C(=O)N2CC1CCC1. The highest BCUT2D eigenvalue weighted by Gasteiger charge is 2.55. The number of carbonyl (C=O) groups excluding carboxylic acids is 1. The van der Waals surface area contributed by atoms with Gasteiger partial charge < -0.3 is 4.90 Å². The van der Waals surface area contributed by atoms with Gasteiger partial charge in [0.25, 0.3) is 0 Å². The van der Waals surface area contributed by atoms with E-state index >= 15 is 0 Å². The van der Waals surface area contributed by atoms with Crippen LogP contribution in [-0.2, 0) is 5.54 Å². The van der Waals surface area contributed by atoms with Crippen molar-refractivity contribution < 1.29 is 4.79 Å². The highest BCUT2D eigenvalue weighted by atomic mass is 16.2. The van der Waals surface area contributed by atoms with Crippen molar-refractivity contribution in [2.45, 2.75) is 56.0 Å². The van der Waals surface area contributed by atoms with Gasteiger partial charge in [-0.1, -0.05) is 42.8 Å². The third-order valence-electron chi connectivity index (χ3n) is 8.61. The van der Waals surface area contributed by atoms with Gasteiger partial charge in [0.05, 0.1) is 23.7 Å². The zero-order chi connectivity index (χ0) is 23.1. The monoisotopic (exact) mass is 442 g/mol. The predicted octanol–water partition coefficient (Wildman–Crippen LogP) is 5.37. The van der Waals surface area contributed by atoms with Crippen LogP contribution in [0, 0.1) is 17.2 Å². The minimum atomic E-state index is -0.135. The third kappa shape index (κ3) is 3.71. The number of amides is 2. The van der Waals surface area contributed by atoms with Gasteiger partial charge in [-0.25, -0.2) is 4.79 Å². The number of benzene rings is 2. The van der Waals surface area contributed by atoms with Crippen molar-refractivity contribution in [3.05, 3.63) is 65.7 Å². The molecule has 5 nitrogen and oxygen atoms in total. The lowest BCUT2D eigenvalue weighted by molar-refractivity contribution is 0.0172. The van der Waals surface area contributed by atoms with E-state index in [-0.39, 0.29) is 17.1 Å². The molecule has 3 aliphatic rings. The molecule has 33 heavy (non-hydrogen) atoms. The van der Waals surface area contributed by atoms with Crippen molar-refractivity contribution in [3.63, 3.8) is 0 Å². The summed E-state index contributed by atoms with van der Waals surface area (Å²) < 4.78 is 0. The highest BCUT2D eigenvalue weighted by molar-refractivity contribution is 5.95. The van der Waals surface area contributed by atoms with Crippen LogP contribution in [0.3, 0.4) is 0 Å². The minimum absolute atomic E-state index is 0.00580. The zero-order valence-corrected chi connectivity index (χ0v) is 19.8. The summed E-state index contributed by atoms with van der Waals surface area (Å²) in [5.41, 5.74) is 2.70. The van der Waals surface area contributed by atoms with E-state index < -0.39 is 0 Å². The summed E-state index contributed by atoms with van der Waals surface area (Å²) in [6.07, 6.45) is 7.80. The molecule has 0 bridgehead atoms. The van der Waals surface area contributed by atoms with Crippen molar-refractivity contribution in [2.24, 2.45) is 5.92 Å². The number of nitriles is 1. The summed E-state index contributed by atoms with van der Waals surface area (Å²) in [4.78, 5) is 20.3. The summed E-state index contributed by atoms with van der Waals surface area (Å²) in [6.45, 7) is 1.58. The molecule has 0 radical (unpaired) electrons. The van der Waals surface area contributed by atoms with Gasteiger partial charge in [-0.05, 0) is 82.3 Å². The second-order valence-corrected chi connectivity index (χ2v) is 10.5. The second-order valence-electron chi connectivity index (χ2n) is 10.5. The number of carbonyl (C=O) groups is 1. The first-order chi connectivity index (χ1) is 16.0. The largest absolute Gasteiger partial charge is 0.325 e. The van der Waals surface area contributed by atoms with E-state index in [1.54, 1.807) is 6.07 Å². The number of urea groups is 1. The Morgan fingerprint density at radius 1 is 1.03 bits per heavy atom. The third-order valence-corrected chi connectivity index (χ3v) is 8.61. The molecule has 1 saturated heterocycles. The maximum Gasteiger partial charge on any atom is 0.325 e. The van der Waals surface area contributed by atoms with Crippen molar-refractivity contribution >= 4 is 11.7 Å². The van der Waals surface area contributed by atoms with Crippen LogP contribution in [-0.4, -0.2) is 48.6 Å². The second kappa shape index (κ2) is 8.50. The normalized spacial score (nSPS) is 27.8. The molecule has 172 valence electrons. The van der Waals surface area contributed by atoms with Gasteiger partial charge in [0, 0.05) is 17.8 Å². The van der Waals surface area contributed by atoms with E-state index in [1.165, 1.54) is 24.8 Å². The van der Waals surface area contributed by atoms with Crippen LogP contribution in [0.4, 0.5) is 10.5 Å². The lowest BCUT2D eigenvalue weighted by Crippen LogP contribution is -2.56. The molecule has 3 fully saturated rings. The zero-order valence-electron chi connectivity index (χ0n) is 19.8. The van der Waals surface area contributed by atoms with Crippen LogP contribution in [0.5, 0.6) is 0 Å². The van der Waals surface area contributed by atoms with Crippen molar-refractivity contribution in [3.8, 4) is 6.07 Å². The Morgan fingerprint density at radius 3 is 2.36 bits per heavy atom. The van der Waals surface area contributed by atoms with Crippen LogP contribution >= 0.6 is 0 Å². The molecule has 2 saturated carbocycles. The minimum Gasteiger partial charge on any atom is -0.317 e. The summed E-state index contributed by atoms with van der Waals surface area (Å²) in [5, 5.41) is 9.37. The van der Waals surface area contributed by atoms with E-state index in [4.69, 9.17) is 0 Å². The van der Waals surface area contributed by atoms with Crippen LogP contribution in [0.1, 0.15) is 56.1 Å². The number of anilines is 1. The van der Waals surface area contributed by atoms with Crippen LogP contribution in [0.2, 0.25) is 0 Å². The van der Waals surface area contributed by atoms with E-state index in [9.17, 15) is 10.1 Å². The first-order valence-electron chi connectivity index (χ1n) is 12.3.